The van der Waals surface area contributed by atoms with E-state index in [-0.39, 0.29) is 17.9 Å². The summed E-state index contributed by atoms with van der Waals surface area (Å²) in [5, 5.41) is 0.870. The topological polar surface area (TPSA) is 26.9 Å². The average Bonchev–Trinajstić information content (AvgIpc) is 2.42. The van der Waals surface area contributed by atoms with Crippen molar-refractivity contribution in [1.82, 2.24) is 8.77 Å². The van der Waals surface area contributed by atoms with E-state index >= 15 is 0 Å². The summed E-state index contributed by atoms with van der Waals surface area (Å²) in [6.45, 7) is 0. The van der Waals surface area contributed by atoms with Crippen molar-refractivity contribution in [2.45, 2.75) is 0 Å². The summed E-state index contributed by atoms with van der Waals surface area (Å²) in [6, 6.07) is 3.14. The van der Waals surface area contributed by atoms with Crippen LogP contribution in [0.5, 0.6) is 0 Å². The second kappa shape index (κ2) is 3.84. The van der Waals surface area contributed by atoms with Crippen LogP contribution in [0.15, 0.2) is 21.4 Å². The van der Waals surface area contributed by atoms with Crippen molar-refractivity contribution in [3.8, 4) is 0 Å². The van der Waals surface area contributed by atoms with Crippen LogP contribution in [0.1, 0.15) is 0 Å². The maximum Gasteiger partial charge on any atom is 0.275 e. The van der Waals surface area contributed by atoms with Gasteiger partial charge in [0, 0.05) is 11.5 Å². The molecule has 0 spiro atoms. The summed E-state index contributed by atoms with van der Waals surface area (Å²) < 4.78 is 15.6. The van der Waals surface area contributed by atoms with Gasteiger partial charge in [-0.2, -0.15) is 4.09 Å². The van der Waals surface area contributed by atoms with Gasteiger partial charge in [0.2, 0.25) is 0 Å². The molecular weight excluding hydrogens is 307 g/mol. The largest absolute Gasteiger partial charge is 0.275 e. The van der Waals surface area contributed by atoms with Crippen molar-refractivity contribution in [3.05, 3.63) is 32.0 Å². The molecule has 0 atom stereocenters. The van der Waals surface area contributed by atoms with E-state index in [2.05, 4.69) is 15.9 Å². The Balaban J connectivity index is 2.98. The molecular formula is C8H5BrClFN2OS. The third kappa shape index (κ3) is 1.60. The van der Waals surface area contributed by atoms with Crippen molar-refractivity contribution in [3.63, 3.8) is 0 Å². The number of rotatable bonds is 1. The second-order valence-corrected chi connectivity index (χ2v) is 4.70. The number of halogens is 3. The first kappa shape index (κ1) is 11.0. The van der Waals surface area contributed by atoms with Crippen LogP contribution < -0.4 is 5.56 Å². The summed E-state index contributed by atoms with van der Waals surface area (Å²) in [6.07, 6.45) is 0. The van der Waals surface area contributed by atoms with Gasteiger partial charge in [0.15, 0.2) is 12.3 Å². The molecule has 0 unspecified atom stereocenters. The summed E-state index contributed by atoms with van der Waals surface area (Å²) in [5.41, 5.74) is 0.204. The zero-order valence-corrected chi connectivity index (χ0v) is 10.7. The highest BCUT2D eigenvalue weighted by atomic mass is 79.9. The number of aromatic nitrogens is 2. The van der Waals surface area contributed by atoms with Gasteiger partial charge in [-0.05, 0) is 28.1 Å². The van der Waals surface area contributed by atoms with Gasteiger partial charge < -0.3 is 0 Å². The molecule has 15 heavy (non-hydrogen) atoms. The maximum atomic E-state index is 12.6. The first-order chi connectivity index (χ1) is 7.06. The van der Waals surface area contributed by atoms with Gasteiger partial charge in [-0.3, -0.25) is 4.79 Å². The summed E-state index contributed by atoms with van der Waals surface area (Å²) in [4.78, 5) is 11.7. The predicted octanol–water partition coefficient (Wildman–Crippen LogP) is 3.14. The number of hydrogen-bond acceptors (Lipinski definition) is 2. The van der Waals surface area contributed by atoms with Crippen LogP contribution in [0.2, 0.25) is 5.02 Å². The third-order valence-electron chi connectivity index (χ3n) is 2.11. The molecule has 7 heteroatoms. The summed E-state index contributed by atoms with van der Waals surface area (Å²) >= 11 is 9.06. The quantitative estimate of drug-likeness (QED) is 0.809. The van der Waals surface area contributed by atoms with E-state index in [0.29, 0.717) is 20.4 Å². The van der Waals surface area contributed by atoms with Crippen molar-refractivity contribution in [1.29, 1.82) is 0 Å². The lowest BCUT2D eigenvalue weighted by Gasteiger charge is -2.00. The molecule has 2 aromatic rings. The monoisotopic (exact) mass is 310 g/mol. The zero-order chi connectivity index (χ0) is 11.2. The number of fused-ring (bicyclic) bond motifs is 1. The van der Waals surface area contributed by atoms with Gasteiger partial charge in [0.05, 0.1) is 15.9 Å². The van der Waals surface area contributed by atoms with Crippen molar-refractivity contribution < 1.29 is 3.89 Å². The highest BCUT2D eigenvalue weighted by Gasteiger charge is 2.13. The normalized spacial score (nSPS) is 11.2. The SMILES string of the molecule is Cn1c(=O)c2cc(Br)c(Cl)cc2n1SF. The molecule has 0 amide bonds. The molecule has 1 aromatic carbocycles. The third-order valence-corrected chi connectivity index (χ3v) is 3.88. The lowest BCUT2D eigenvalue weighted by Crippen LogP contribution is -2.15. The van der Waals surface area contributed by atoms with Crippen molar-refractivity contribution >= 4 is 50.8 Å². The molecule has 0 radical (unpaired) electrons. The van der Waals surface area contributed by atoms with E-state index in [9.17, 15) is 8.68 Å². The highest BCUT2D eigenvalue weighted by Crippen LogP contribution is 2.28. The van der Waals surface area contributed by atoms with E-state index in [1.54, 1.807) is 12.1 Å². The Morgan fingerprint density at radius 1 is 1.53 bits per heavy atom. The van der Waals surface area contributed by atoms with Gasteiger partial charge in [-0.1, -0.05) is 11.6 Å². The van der Waals surface area contributed by atoms with Crippen molar-refractivity contribution in [2.24, 2.45) is 7.05 Å². The van der Waals surface area contributed by atoms with E-state index in [1.165, 1.54) is 11.7 Å². The first-order valence-electron chi connectivity index (χ1n) is 3.92. The van der Waals surface area contributed by atoms with Gasteiger partial charge in [0.1, 0.15) is 0 Å². The number of hydrogen-bond donors (Lipinski definition) is 0. The van der Waals surface area contributed by atoms with Gasteiger partial charge in [-0.25, -0.2) is 4.68 Å². The van der Waals surface area contributed by atoms with E-state index < -0.39 is 0 Å². The fourth-order valence-electron chi connectivity index (χ4n) is 1.37. The smallest absolute Gasteiger partial charge is 0.267 e. The molecule has 0 aliphatic heterocycles. The lowest BCUT2D eigenvalue weighted by atomic mass is 10.2. The Bertz CT molecular complexity index is 594. The first-order valence-corrected chi connectivity index (χ1v) is 5.76. The summed E-state index contributed by atoms with van der Waals surface area (Å²) in [5.74, 6) is 0. The minimum Gasteiger partial charge on any atom is -0.267 e. The van der Waals surface area contributed by atoms with Crippen LogP contribution in [-0.2, 0) is 7.05 Å². The average molecular weight is 312 g/mol. The van der Waals surface area contributed by atoms with Crippen LogP contribution in [-0.4, -0.2) is 8.77 Å². The molecule has 2 rings (SSSR count). The van der Waals surface area contributed by atoms with Gasteiger partial charge in [-0.15, -0.1) is 3.89 Å². The van der Waals surface area contributed by atoms with E-state index in [0.717, 1.165) is 4.09 Å². The highest BCUT2D eigenvalue weighted by molar-refractivity contribution is 9.10. The minimum atomic E-state index is -0.257. The molecule has 80 valence electrons. The fraction of sp³-hybridized carbons (Fsp3) is 0.125. The molecule has 0 saturated carbocycles. The molecule has 1 aromatic heterocycles. The van der Waals surface area contributed by atoms with Crippen LogP contribution in [0, 0.1) is 0 Å². The van der Waals surface area contributed by atoms with Gasteiger partial charge in [0.25, 0.3) is 5.56 Å². The van der Waals surface area contributed by atoms with E-state index in [1.807, 2.05) is 0 Å². The summed E-state index contributed by atoms with van der Waals surface area (Å²) in [7, 11) is 1.50. The van der Waals surface area contributed by atoms with Gasteiger partial charge >= 0.3 is 0 Å². The standard InChI is InChI=1S/C8H5BrClFN2OS/c1-12-8(14)4-2-5(9)6(10)3-7(4)13(12)15-11/h2-3H,1H3. The zero-order valence-electron chi connectivity index (χ0n) is 7.50. The van der Waals surface area contributed by atoms with Crippen LogP contribution >= 0.6 is 39.9 Å². The maximum absolute atomic E-state index is 12.6. The Morgan fingerprint density at radius 3 is 2.80 bits per heavy atom. The number of benzene rings is 1. The Hall–Kier alpha value is -0.460. The molecule has 0 bridgehead atoms. The molecule has 0 saturated heterocycles. The second-order valence-electron chi connectivity index (χ2n) is 2.95. The van der Waals surface area contributed by atoms with Crippen molar-refractivity contribution in [2.75, 3.05) is 0 Å². The van der Waals surface area contributed by atoms with Crippen LogP contribution in [0.25, 0.3) is 10.9 Å². The molecule has 0 aliphatic rings. The number of nitrogens with zero attached hydrogens (tertiary/aromatic N) is 2. The Morgan fingerprint density at radius 2 is 2.20 bits per heavy atom. The fourth-order valence-corrected chi connectivity index (χ4v) is 2.26. The molecule has 0 N–H and O–H groups in total. The Labute approximate surface area is 102 Å². The van der Waals surface area contributed by atoms with Crippen LogP contribution in [0.4, 0.5) is 3.89 Å². The lowest BCUT2D eigenvalue weighted by molar-refractivity contribution is 0.698. The molecule has 3 nitrogen and oxygen atoms in total. The molecule has 0 aliphatic carbocycles. The predicted molar refractivity (Wildman–Crippen MR) is 64.0 cm³/mol. The van der Waals surface area contributed by atoms with Crippen LogP contribution in [0.3, 0.4) is 0 Å². The van der Waals surface area contributed by atoms with E-state index in [4.69, 9.17) is 11.6 Å². The minimum absolute atomic E-state index is 0.0340. The molecule has 1 heterocycles. The molecule has 0 fully saturated rings. The Kier molecular flexibility index (Phi) is 2.83.